The van der Waals surface area contributed by atoms with Gasteiger partial charge in [0.2, 0.25) is 11.8 Å². The Morgan fingerprint density at radius 3 is 2.54 bits per heavy atom. The molecular weight excluding hydrogens is 368 g/mol. The first-order valence-corrected chi connectivity index (χ1v) is 11.0. The Morgan fingerprint density at radius 1 is 1.08 bits per heavy atom. The monoisotopic (exact) mass is 394 g/mol. The van der Waals surface area contributed by atoms with Crippen LogP contribution >= 0.6 is 23.4 Å². The Hall–Kier alpha value is -1.20. The average molecular weight is 395 g/mol. The highest BCUT2D eigenvalue weighted by Gasteiger charge is 2.37. The third kappa shape index (κ3) is 5.17. The molecule has 2 amide bonds. The van der Waals surface area contributed by atoms with E-state index in [2.05, 4.69) is 5.32 Å². The highest BCUT2D eigenvalue weighted by molar-refractivity contribution is 7.99. The number of hydrogen-bond acceptors (Lipinski definition) is 3. The Morgan fingerprint density at radius 2 is 1.81 bits per heavy atom. The topological polar surface area (TPSA) is 49.4 Å². The molecule has 2 aliphatic rings. The van der Waals surface area contributed by atoms with Crippen molar-refractivity contribution >= 4 is 35.2 Å². The van der Waals surface area contributed by atoms with Crippen molar-refractivity contribution in [2.24, 2.45) is 5.92 Å². The molecule has 1 unspecified atom stereocenters. The summed E-state index contributed by atoms with van der Waals surface area (Å²) in [5, 5.41) is 3.74. The van der Waals surface area contributed by atoms with Crippen LogP contribution in [-0.4, -0.2) is 41.6 Å². The van der Waals surface area contributed by atoms with Crippen molar-refractivity contribution in [2.75, 3.05) is 18.8 Å². The smallest absolute Gasteiger partial charge is 0.242 e. The lowest BCUT2D eigenvalue weighted by molar-refractivity contribution is -0.142. The van der Waals surface area contributed by atoms with Crippen LogP contribution in [0.15, 0.2) is 29.2 Å². The van der Waals surface area contributed by atoms with Gasteiger partial charge in [0.25, 0.3) is 0 Å². The Balaban J connectivity index is 1.44. The minimum atomic E-state index is -0.273. The molecule has 1 saturated carbocycles. The quantitative estimate of drug-likeness (QED) is 0.583. The van der Waals surface area contributed by atoms with E-state index < -0.39 is 0 Å². The molecule has 3 rings (SSSR count). The molecule has 4 nitrogen and oxygen atoms in total. The van der Waals surface area contributed by atoms with E-state index in [1.807, 2.05) is 29.2 Å². The molecule has 1 aromatic carbocycles. The molecule has 1 heterocycles. The molecule has 6 heteroatoms. The summed E-state index contributed by atoms with van der Waals surface area (Å²) < 4.78 is 0. The Bertz CT molecular complexity index is 617. The number of hydrogen-bond donors (Lipinski definition) is 1. The van der Waals surface area contributed by atoms with Gasteiger partial charge in [-0.1, -0.05) is 30.9 Å². The van der Waals surface area contributed by atoms with Crippen LogP contribution in [0.2, 0.25) is 5.02 Å². The van der Waals surface area contributed by atoms with E-state index in [0.29, 0.717) is 6.54 Å². The van der Waals surface area contributed by atoms with Crippen molar-refractivity contribution in [3.8, 4) is 0 Å². The second-order valence-corrected chi connectivity index (χ2v) is 8.72. The fourth-order valence-electron chi connectivity index (χ4n) is 3.88. The highest BCUT2D eigenvalue weighted by Crippen LogP contribution is 2.29. The number of amides is 2. The molecule has 1 aliphatic heterocycles. The van der Waals surface area contributed by atoms with E-state index in [-0.39, 0.29) is 23.8 Å². The van der Waals surface area contributed by atoms with Gasteiger partial charge in [0.15, 0.2) is 0 Å². The van der Waals surface area contributed by atoms with Gasteiger partial charge in [-0.05, 0) is 49.9 Å². The SMILES string of the molecule is O=C(NCCSc1ccc(Cl)cc1)C1CCCN1C(=O)C1CCCCC1. The third-order valence-corrected chi connectivity index (χ3v) is 6.54. The van der Waals surface area contributed by atoms with Crippen molar-refractivity contribution < 1.29 is 9.59 Å². The van der Waals surface area contributed by atoms with E-state index in [1.165, 1.54) is 6.42 Å². The zero-order valence-electron chi connectivity index (χ0n) is 15.1. The molecule has 1 aromatic rings. The van der Waals surface area contributed by atoms with Crippen molar-refractivity contribution in [3.05, 3.63) is 29.3 Å². The van der Waals surface area contributed by atoms with Crippen molar-refractivity contribution in [3.63, 3.8) is 0 Å². The lowest BCUT2D eigenvalue weighted by atomic mass is 9.88. The summed E-state index contributed by atoms with van der Waals surface area (Å²) in [6, 6.07) is 7.43. The first-order chi connectivity index (χ1) is 12.6. The van der Waals surface area contributed by atoms with E-state index >= 15 is 0 Å². The average Bonchev–Trinajstić information content (AvgIpc) is 3.16. The summed E-state index contributed by atoms with van der Waals surface area (Å²) in [7, 11) is 0. The molecule has 1 N–H and O–H groups in total. The van der Waals surface area contributed by atoms with Crippen LogP contribution in [0.5, 0.6) is 0 Å². The fraction of sp³-hybridized carbons (Fsp3) is 0.600. The number of halogens is 1. The molecule has 0 aromatic heterocycles. The van der Waals surface area contributed by atoms with Gasteiger partial charge in [-0.3, -0.25) is 9.59 Å². The summed E-state index contributed by atoms with van der Waals surface area (Å²) in [6.07, 6.45) is 7.21. The molecule has 26 heavy (non-hydrogen) atoms. The van der Waals surface area contributed by atoms with Crippen LogP contribution in [0.4, 0.5) is 0 Å². The molecular formula is C20H27ClN2O2S. The molecule has 0 spiro atoms. The Kier molecular flexibility index (Phi) is 7.26. The maximum absolute atomic E-state index is 12.8. The number of benzene rings is 1. The third-order valence-electron chi connectivity index (χ3n) is 5.28. The minimum absolute atomic E-state index is 0.00312. The van der Waals surface area contributed by atoms with E-state index in [0.717, 1.165) is 60.7 Å². The number of nitrogens with zero attached hydrogens (tertiary/aromatic N) is 1. The zero-order chi connectivity index (χ0) is 18.4. The lowest BCUT2D eigenvalue weighted by Gasteiger charge is -2.30. The molecule has 1 saturated heterocycles. The van der Waals surface area contributed by atoms with Gasteiger partial charge >= 0.3 is 0 Å². The first kappa shape index (κ1) is 19.6. The highest BCUT2D eigenvalue weighted by atomic mass is 35.5. The van der Waals surface area contributed by atoms with E-state index in [9.17, 15) is 9.59 Å². The predicted molar refractivity (Wildman–Crippen MR) is 106 cm³/mol. The number of thioether (sulfide) groups is 1. The van der Waals surface area contributed by atoms with Crippen molar-refractivity contribution in [1.82, 2.24) is 10.2 Å². The van der Waals surface area contributed by atoms with Gasteiger partial charge in [-0.25, -0.2) is 0 Å². The summed E-state index contributed by atoms with van der Waals surface area (Å²) in [5.41, 5.74) is 0. The van der Waals surface area contributed by atoms with Crippen molar-refractivity contribution in [1.29, 1.82) is 0 Å². The van der Waals surface area contributed by atoms with Crippen LogP contribution in [0.3, 0.4) is 0 Å². The van der Waals surface area contributed by atoms with E-state index in [1.54, 1.807) is 11.8 Å². The number of rotatable bonds is 6. The Labute approximate surface area is 165 Å². The standard InChI is InChI=1S/C20H27ClN2O2S/c21-16-8-10-17(11-9-16)26-14-12-22-19(24)18-7-4-13-23(18)20(25)15-5-2-1-3-6-15/h8-11,15,18H,1-7,12-14H2,(H,22,24). The van der Waals surface area contributed by atoms with E-state index in [4.69, 9.17) is 11.6 Å². The summed E-state index contributed by atoms with van der Waals surface area (Å²) in [4.78, 5) is 28.3. The number of carbonyl (C=O) groups excluding carboxylic acids is 2. The van der Waals surface area contributed by atoms with Crippen molar-refractivity contribution in [2.45, 2.75) is 55.9 Å². The number of nitrogens with one attached hydrogen (secondary N) is 1. The summed E-state index contributed by atoms with van der Waals surface area (Å²) >= 11 is 7.57. The fourth-order valence-corrected chi connectivity index (χ4v) is 4.77. The molecule has 142 valence electrons. The summed E-state index contributed by atoms with van der Waals surface area (Å²) in [6.45, 7) is 1.33. The molecule has 1 atom stereocenters. The molecule has 0 bridgehead atoms. The maximum Gasteiger partial charge on any atom is 0.242 e. The zero-order valence-corrected chi connectivity index (χ0v) is 16.7. The van der Waals surface area contributed by atoms with Crippen LogP contribution < -0.4 is 5.32 Å². The predicted octanol–water partition coefficient (Wildman–Crippen LogP) is 4.12. The number of carbonyl (C=O) groups is 2. The van der Waals surface area contributed by atoms with Gasteiger partial charge in [-0.2, -0.15) is 0 Å². The molecule has 0 radical (unpaired) electrons. The minimum Gasteiger partial charge on any atom is -0.353 e. The maximum atomic E-state index is 12.8. The second kappa shape index (κ2) is 9.65. The van der Waals surface area contributed by atoms with Gasteiger partial charge in [-0.15, -0.1) is 11.8 Å². The first-order valence-electron chi connectivity index (χ1n) is 9.62. The van der Waals surface area contributed by atoms with Crippen LogP contribution in [0.1, 0.15) is 44.9 Å². The molecule has 2 fully saturated rings. The van der Waals surface area contributed by atoms with Gasteiger partial charge < -0.3 is 10.2 Å². The lowest BCUT2D eigenvalue weighted by Crippen LogP contribution is -2.48. The second-order valence-electron chi connectivity index (χ2n) is 7.12. The largest absolute Gasteiger partial charge is 0.353 e. The van der Waals surface area contributed by atoms with Crippen LogP contribution in [0, 0.1) is 5.92 Å². The van der Waals surface area contributed by atoms with Gasteiger partial charge in [0.1, 0.15) is 6.04 Å². The van der Waals surface area contributed by atoms with Crippen LogP contribution in [-0.2, 0) is 9.59 Å². The molecule has 1 aliphatic carbocycles. The van der Waals surface area contributed by atoms with Gasteiger partial charge in [0.05, 0.1) is 0 Å². The number of likely N-dealkylation sites (tertiary alicyclic amines) is 1. The van der Waals surface area contributed by atoms with Crippen LogP contribution in [0.25, 0.3) is 0 Å². The van der Waals surface area contributed by atoms with Gasteiger partial charge in [0, 0.05) is 34.7 Å². The summed E-state index contributed by atoms with van der Waals surface area (Å²) in [5.74, 6) is 1.15. The normalized spacial score (nSPS) is 21.0.